The van der Waals surface area contributed by atoms with E-state index in [0.29, 0.717) is 0 Å². The van der Waals surface area contributed by atoms with Gasteiger partial charge in [0.1, 0.15) is 17.0 Å². The number of benzene rings is 1. The molecular weight excluding hydrogens is 250 g/mol. The van der Waals surface area contributed by atoms with Crippen LogP contribution in [0.2, 0.25) is 0 Å². The Kier molecular flexibility index (Phi) is 2.93. The monoisotopic (exact) mass is 268 g/mol. The second-order valence-corrected chi connectivity index (χ2v) is 5.03. The predicted octanol–water partition coefficient (Wildman–Crippen LogP) is 1.99. The van der Waals surface area contributed by atoms with Crippen molar-refractivity contribution in [3.63, 3.8) is 0 Å². The number of hydrogen-bond donors (Lipinski definition) is 1. The maximum Gasteiger partial charge on any atom is 0.319 e. The molecule has 0 saturated heterocycles. The average Bonchev–Trinajstić information content (AvgIpc) is 2.81. The van der Waals surface area contributed by atoms with Crippen LogP contribution < -0.4 is 10.1 Å². The van der Waals surface area contributed by atoms with Crippen molar-refractivity contribution in [1.29, 1.82) is 0 Å². The molecule has 1 aromatic carbocycles. The van der Waals surface area contributed by atoms with E-state index in [2.05, 4.69) is 29.6 Å². The smallest absolute Gasteiger partial charge is 0.265 e. The van der Waals surface area contributed by atoms with Crippen LogP contribution in [0.15, 0.2) is 41.2 Å². The Bertz CT molecular complexity index is 828. The third-order valence-corrected chi connectivity index (χ3v) is 3.81. The summed E-state index contributed by atoms with van der Waals surface area (Å²) in [7, 11) is 1.99. The van der Waals surface area contributed by atoms with Crippen LogP contribution in [-0.2, 0) is 13.5 Å². The van der Waals surface area contributed by atoms with Crippen LogP contribution in [0.5, 0.6) is 0 Å². The van der Waals surface area contributed by atoms with Gasteiger partial charge in [-0.15, -0.1) is 4.52 Å². The molecule has 2 heterocycles. The summed E-state index contributed by atoms with van der Waals surface area (Å²) < 4.78 is 3.96. The summed E-state index contributed by atoms with van der Waals surface area (Å²) >= 11 is 0. The van der Waals surface area contributed by atoms with Crippen molar-refractivity contribution in [3.05, 3.63) is 58.1 Å². The van der Waals surface area contributed by atoms with Crippen molar-refractivity contribution in [2.45, 2.75) is 20.3 Å². The lowest BCUT2D eigenvalue weighted by Crippen LogP contribution is -2.35. The fourth-order valence-corrected chi connectivity index (χ4v) is 2.64. The molecule has 0 aliphatic rings. The molecule has 0 spiro atoms. The summed E-state index contributed by atoms with van der Waals surface area (Å²) in [6.07, 6.45) is 0.872. The van der Waals surface area contributed by atoms with Crippen LogP contribution in [-0.4, -0.2) is 9.61 Å². The Labute approximate surface area is 117 Å². The molecular formula is C16H18N3O+. The molecule has 20 heavy (non-hydrogen) atoms. The number of hydrogen-bond acceptors (Lipinski definition) is 1. The lowest BCUT2D eigenvalue weighted by Gasteiger charge is -2.04. The van der Waals surface area contributed by atoms with Gasteiger partial charge in [-0.05, 0) is 12.5 Å². The number of aromatic nitrogens is 3. The number of nitrogens with zero attached hydrogens (tertiary/aromatic N) is 2. The molecule has 0 fully saturated rings. The molecule has 3 rings (SSSR count). The summed E-state index contributed by atoms with van der Waals surface area (Å²) in [6, 6.07) is 11.9. The second kappa shape index (κ2) is 4.63. The Morgan fingerprint density at radius 1 is 1.25 bits per heavy atom. The molecule has 102 valence electrons. The number of H-pyrrole nitrogens is 1. The van der Waals surface area contributed by atoms with Gasteiger partial charge < -0.3 is 0 Å². The molecule has 0 unspecified atom stereocenters. The van der Waals surface area contributed by atoms with E-state index >= 15 is 0 Å². The van der Waals surface area contributed by atoms with Crippen molar-refractivity contribution < 1.29 is 4.57 Å². The summed E-state index contributed by atoms with van der Waals surface area (Å²) in [5.41, 5.74) is 4.78. The fourth-order valence-electron chi connectivity index (χ4n) is 2.64. The van der Waals surface area contributed by atoms with E-state index < -0.39 is 0 Å². The van der Waals surface area contributed by atoms with Crippen molar-refractivity contribution in [1.82, 2.24) is 9.61 Å². The zero-order valence-electron chi connectivity index (χ0n) is 12.0. The topological polar surface area (TPSA) is 41.1 Å². The van der Waals surface area contributed by atoms with Gasteiger partial charge in [-0.3, -0.25) is 4.79 Å². The highest BCUT2D eigenvalue weighted by Gasteiger charge is 2.23. The molecule has 4 heteroatoms. The molecule has 4 nitrogen and oxygen atoms in total. The van der Waals surface area contributed by atoms with E-state index in [1.165, 1.54) is 0 Å². The highest BCUT2D eigenvalue weighted by molar-refractivity contribution is 5.74. The Hall–Kier alpha value is -2.36. The Balaban J connectivity index is 2.48. The van der Waals surface area contributed by atoms with Crippen LogP contribution in [0, 0.1) is 6.92 Å². The first-order valence-corrected chi connectivity index (χ1v) is 6.82. The number of aromatic amines is 1. The Morgan fingerprint density at radius 2 is 1.95 bits per heavy atom. The SMILES string of the molecule is CCc1cc(C)[n+](C)c2c(-c3ccccc3)c(=O)[nH]n12. The first-order chi connectivity index (χ1) is 9.63. The molecule has 0 amide bonds. The first-order valence-electron chi connectivity index (χ1n) is 6.82. The molecule has 0 saturated carbocycles. The van der Waals surface area contributed by atoms with Gasteiger partial charge in [0.15, 0.2) is 0 Å². The fraction of sp³-hybridized carbons (Fsp3) is 0.250. The molecule has 0 aliphatic heterocycles. The van der Waals surface area contributed by atoms with Gasteiger partial charge >= 0.3 is 5.65 Å². The van der Waals surface area contributed by atoms with Gasteiger partial charge in [-0.1, -0.05) is 37.3 Å². The Morgan fingerprint density at radius 3 is 2.60 bits per heavy atom. The number of aryl methyl sites for hydroxylation is 3. The highest BCUT2D eigenvalue weighted by Crippen LogP contribution is 2.19. The summed E-state index contributed by atoms with van der Waals surface area (Å²) in [6.45, 7) is 4.15. The number of fused-ring (bicyclic) bond motifs is 1. The normalized spacial score (nSPS) is 11.2. The van der Waals surface area contributed by atoms with E-state index in [1.807, 2.05) is 41.9 Å². The molecule has 1 N–H and O–H groups in total. The molecule has 2 aromatic heterocycles. The predicted molar refractivity (Wildman–Crippen MR) is 78.7 cm³/mol. The summed E-state index contributed by atoms with van der Waals surface area (Å²) in [5.74, 6) is 0. The van der Waals surface area contributed by atoms with E-state index in [-0.39, 0.29) is 5.56 Å². The molecule has 0 aliphatic carbocycles. The van der Waals surface area contributed by atoms with E-state index in [0.717, 1.165) is 34.6 Å². The van der Waals surface area contributed by atoms with Crippen LogP contribution >= 0.6 is 0 Å². The zero-order valence-corrected chi connectivity index (χ0v) is 12.0. The molecule has 0 radical (unpaired) electrons. The van der Waals surface area contributed by atoms with Gasteiger partial charge in [0.2, 0.25) is 0 Å². The largest absolute Gasteiger partial charge is 0.319 e. The van der Waals surface area contributed by atoms with Gasteiger partial charge in [-0.2, -0.15) is 5.10 Å². The highest BCUT2D eigenvalue weighted by atomic mass is 16.1. The van der Waals surface area contributed by atoms with Crippen molar-refractivity contribution >= 4 is 5.65 Å². The van der Waals surface area contributed by atoms with Gasteiger partial charge in [0, 0.05) is 12.5 Å². The van der Waals surface area contributed by atoms with Crippen LogP contribution in [0.25, 0.3) is 16.8 Å². The minimum atomic E-state index is -0.0490. The standard InChI is InChI=1S/C16H17N3O/c1-4-13-10-11(2)18(3)16-14(15(20)17-19(13)16)12-8-6-5-7-9-12/h5-10H,4H2,1-3H3/p+1. The minimum Gasteiger partial charge on any atom is -0.265 e. The number of nitrogens with one attached hydrogen (secondary N) is 1. The summed E-state index contributed by atoms with van der Waals surface area (Å²) in [5, 5.41) is 2.95. The lowest BCUT2D eigenvalue weighted by molar-refractivity contribution is -0.654. The van der Waals surface area contributed by atoms with Crippen LogP contribution in [0.3, 0.4) is 0 Å². The van der Waals surface area contributed by atoms with Gasteiger partial charge in [0.05, 0.1) is 7.05 Å². The quantitative estimate of drug-likeness (QED) is 0.710. The van der Waals surface area contributed by atoms with Crippen molar-refractivity contribution in [2.75, 3.05) is 0 Å². The average molecular weight is 268 g/mol. The van der Waals surface area contributed by atoms with Gasteiger partial charge in [0.25, 0.3) is 5.56 Å². The maximum absolute atomic E-state index is 12.4. The molecule has 3 aromatic rings. The van der Waals surface area contributed by atoms with E-state index in [1.54, 1.807) is 0 Å². The molecule has 0 atom stereocenters. The van der Waals surface area contributed by atoms with Crippen LogP contribution in [0.4, 0.5) is 0 Å². The van der Waals surface area contributed by atoms with E-state index in [9.17, 15) is 4.79 Å². The minimum absolute atomic E-state index is 0.0490. The first kappa shape index (κ1) is 12.7. The lowest BCUT2D eigenvalue weighted by atomic mass is 10.1. The van der Waals surface area contributed by atoms with Gasteiger partial charge in [-0.25, -0.2) is 4.57 Å². The van der Waals surface area contributed by atoms with Crippen molar-refractivity contribution in [3.8, 4) is 11.1 Å². The number of rotatable bonds is 2. The second-order valence-electron chi connectivity index (χ2n) is 5.03. The maximum atomic E-state index is 12.4. The third-order valence-electron chi connectivity index (χ3n) is 3.81. The van der Waals surface area contributed by atoms with Crippen molar-refractivity contribution in [2.24, 2.45) is 7.05 Å². The molecule has 0 bridgehead atoms. The zero-order chi connectivity index (χ0) is 14.3. The van der Waals surface area contributed by atoms with E-state index in [4.69, 9.17) is 0 Å². The van der Waals surface area contributed by atoms with Crippen LogP contribution in [0.1, 0.15) is 18.3 Å². The third kappa shape index (κ3) is 1.76. The summed E-state index contributed by atoms with van der Waals surface area (Å²) in [4.78, 5) is 12.4.